The molecule has 4 aromatic rings. The number of rotatable bonds is 6. The van der Waals surface area contributed by atoms with Gasteiger partial charge in [0.05, 0.1) is 0 Å². The van der Waals surface area contributed by atoms with Gasteiger partial charge in [-0.25, -0.2) is 45.1 Å². The second kappa shape index (κ2) is 16.9. The molecule has 2 spiro atoms. The van der Waals surface area contributed by atoms with Crippen LogP contribution in [0.25, 0.3) is 0 Å². The molecule has 2 heterocycles. The largest absolute Gasteiger partial charge is 0.330 e. The Kier molecular flexibility index (Phi) is 12.2. The molecule has 60 heavy (non-hydrogen) atoms. The van der Waals surface area contributed by atoms with E-state index in [9.17, 15) is 44.7 Å². The minimum atomic E-state index is -1.22. The van der Waals surface area contributed by atoms with Crippen LogP contribution in [0.2, 0.25) is 0 Å². The fourth-order valence-corrected chi connectivity index (χ4v) is 11.9. The summed E-state index contributed by atoms with van der Waals surface area (Å²) in [6.07, 6.45) is 3.05. The SMILES string of the molecule is CC(=O)N1N=C(c2cc(F)ccc2F)S[C@@]12c1cc(F)c(F)cc1CC[C@H]2CCN.CC(=O)N1N=C(c2cc(F)ccc2F)S[C@]12c1cc(F)c(F)cc1CC[C@H]2CCN. The molecule has 4 atom stereocenters. The van der Waals surface area contributed by atoms with Gasteiger partial charge in [-0.1, -0.05) is 23.5 Å². The van der Waals surface area contributed by atoms with Gasteiger partial charge in [-0.15, -0.1) is 0 Å². The summed E-state index contributed by atoms with van der Waals surface area (Å²) in [6, 6.07) is 10.4. The maximum atomic E-state index is 14.5. The molecule has 0 unspecified atom stereocenters. The van der Waals surface area contributed by atoms with Crippen LogP contribution in [-0.2, 0) is 32.2 Å². The summed E-state index contributed by atoms with van der Waals surface area (Å²) in [4.78, 5) is 22.8. The molecule has 4 aromatic carbocycles. The molecule has 0 bridgehead atoms. The third-order valence-electron chi connectivity index (χ3n) is 11.2. The highest BCUT2D eigenvalue weighted by Gasteiger charge is 2.57. The Morgan fingerprint density at radius 1 is 0.600 bits per heavy atom. The monoisotopic (exact) mass is 874 g/mol. The average molecular weight is 875 g/mol. The number of amides is 2. The fourth-order valence-electron chi connectivity index (χ4n) is 8.58. The smallest absolute Gasteiger partial charge is 0.241 e. The van der Waals surface area contributed by atoms with Crippen LogP contribution < -0.4 is 11.5 Å². The van der Waals surface area contributed by atoms with Crippen LogP contribution in [0.15, 0.2) is 70.9 Å². The number of benzene rings is 4. The van der Waals surface area contributed by atoms with Crippen molar-refractivity contribution in [2.45, 2.75) is 62.1 Å². The highest BCUT2D eigenvalue weighted by atomic mass is 32.2. The first-order chi connectivity index (χ1) is 28.5. The van der Waals surface area contributed by atoms with Gasteiger partial charge in [0.2, 0.25) is 11.8 Å². The summed E-state index contributed by atoms with van der Waals surface area (Å²) in [5, 5.41) is 11.2. The Bertz CT molecular complexity index is 2290. The molecule has 0 saturated carbocycles. The maximum absolute atomic E-state index is 14.5. The number of aryl methyl sites for hydroxylation is 2. The van der Waals surface area contributed by atoms with E-state index in [0.717, 1.165) is 84.2 Å². The molecule has 4 aliphatic rings. The summed E-state index contributed by atoms with van der Waals surface area (Å²) in [7, 11) is 0. The van der Waals surface area contributed by atoms with Crippen LogP contribution in [0.4, 0.5) is 35.1 Å². The third-order valence-corrected chi connectivity index (χ3v) is 14.2. The predicted molar refractivity (Wildman–Crippen MR) is 213 cm³/mol. The van der Waals surface area contributed by atoms with Gasteiger partial charge < -0.3 is 11.5 Å². The summed E-state index contributed by atoms with van der Waals surface area (Å²) >= 11 is 2.11. The molecule has 0 fully saturated rings. The van der Waals surface area contributed by atoms with E-state index >= 15 is 0 Å². The Morgan fingerprint density at radius 3 is 1.32 bits per heavy atom. The average Bonchev–Trinajstić information content (AvgIpc) is 3.80. The lowest BCUT2D eigenvalue weighted by Gasteiger charge is -2.45. The number of thioether (sulfide) groups is 2. The van der Waals surface area contributed by atoms with E-state index < -0.39 is 68.1 Å². The molecule has 2 aliphatic carbocycles. The summed E-state index contributed by atoms with van der Waals surface area (Å²) < 4.78 is 113. The van der Waals surface area contributed by atoms with Gasteiger partial charge in [-0.05, 0) is 146 Å². The molecule has 2 amide bonds. The van der Waals surface area contributed by atoms with Crippen LogP contribution >= 0.6 is 23.5 Å². The molecule has 4 N–H and O–H groups in total. The third kappa shape index (κ3) is 7.49. The van der Waals surface area contributed by atoms with Crippen LogP contribution in [-0.4, -0.2) is 45.0 Å². The summed E-state index contributed by atoms with van der Waals surface area (Å²) in [5.41, 5.74) is 13.3. The molecule has 18 heteroatoms. The van der Waals surface area contributed by atoms with Crippen molar-refractivity contribution in [1.82, 2.24) is 10.0 Å². The predicted octanol–water partition coefficient (Wildman–Crippen LogP) is 8.53. The van der Waals surface area contributed by atoms with Gasteiger partial charge in [0.1, 0.15) is 43.1 Å². The molecule has 0 saturated heterocycles. The van der Waals surface area contributed by atoms with Gasteiger partial charge in [-0.2, -0.15) is 10.2 Å². The van der Waals surface area contributed by atoms with Gasteiger partial charge in [0, 0.05) is 25.0 Å². The Balaban J connectivity index is 0.000000181. The van der Waals surface area contributed by atoms with E-state index in [0.29, 0.717) is 73.9 Å². The van der Waals surface area contributed by atoms with Gasteiger partial charge in [0.15, 0.2) is 23.3 Å². The number of fused-ring (bicyclic) bond motifs is 4. The number of hydrazone groups is 2. The Hall–Kier alpha value is -4.78. The van der Waals surface area contributed by atoms with Crippen LogP contribution in [0.3, 0.4) is 0 Å². The second-order valence-electron chi connectivity index (χ2n) is 14.8. The van der Waals surface area contributed by atoms with Crippen LogP contribution in [0.5, 0.6) is 0 Å². The van der Waals surface area contributed by atoms with Crippen molar-refractivity contribution in [3.05, 3.63) is 141 Å². The van der Waals surface area contributed by atoms with Gasteiger partial charge in [-0.3, -0.25) is 9.59 Å². The second-order valence-corrected chi connectivity index (χ2v) is 17.2. The first-order valence-corrected chi connectivity index (χ1v) is 20.6. The fraction of sp³-hybridized carbons (Fsp3) is 0.333. The number of nitrogens with zero attached hydrogens (tertiary/aromatic N) is 4. The lowest BCUT2D eigenvalue weighted by atomic mass is 9.77. The number of hydrogen-bond donors (Lipinski definition) is 2. The number of halogens is 8. The van der Waals surface area contributed by atoms with Crippen molar-refractivity contribution < 1.29 is 44.7 Å². The Morgan fingerprint density at radius 2 is 0.967 bits per heavy atom. The molecular weight excluding hydrogens is 837 g/mol. The number of nitrogens with two attached hydrogens (primary N) is 2. The molecule has 0 radical (unpaired) electrons. The van der Waals surface area contributed by atoms with Crippen LogP contribution in [0, 0.1) is 58.4 Å². The highest BCUT2D eigenvalue weighted by molar-refractivity contribution is 8.15. The zero-order chi connectivity index (χ0) is 43.3. The van der Waals surface area contributed by atoms with Crippen molar-refractivity contribution in [2.24, 2.45) is 33.5 Å². The number of carbonyl (C=O) groups is 2. The number of hydrogen-bond acceptors (Lipinski definition) is 8. The number of carbonyl (C=O) groups excluding carboxylic acids is 2. The van der Waals surface area contributed by atoms with Crippen LogP contribution in [0.1, 0.15) is 72.9 Å². The van der Waals surface area contributed by atoms with Crippen molar-refractivity contribution in [3.63, 3.8) is 0 Å². The van der Waals surface area contributed by atoms with E-state index in [1.807, 2.05) is 0 Å². The normalized spacial score (nSPS) is 22.9. The molecule has 316 valence electrons. The standard InChI is InChI=1S/2C21H19F4N3OS/c2*1-11(29)28-21(30-20(27-28)15-9-14(22)4-5-17(15)23)13(6-7-26)3-2-12-8-18(24)19(25)10-16(12)21/h2*4-5,8-10,13H,2-3,6-7,26H2,1H3/t13-,21+;13-,21-/m00/s1. The van der Waals surface area contributed by atoms with E-state index in [4.69, 9.17) is 11.5 Å². The maximum Gasteiger partial charge on any atom is 0.241 e. The molecule has 8 nitrogen and oxygen atoms in total. The molecule has 8 rings (SSSR count). The lowest BCUT2D eigenvalue weighted by molar-refractivity contribution is -0.135. The van der Waals surface area contributed by atoms with E-state index in [1.165, 1.54) is 23.9 Å². The summed E-state index contributed by atoms with van der Waals surface area (Å²) in [6.45, 7) is 3.21. The topological polar surface area (TPSA) is 117 Å². The molecular formula is C42H38F8N6O2S2. The minimum Gasteiger partial charge on any atom is -0.330 e. The van der Waals surface area contributed by atoms with Gasteiger partial charge in [0.25, 0.3) is 0 Å². The highest BCUT2D eigenvalue weighted by Crippen LogP contribution is 2.59. The van der Waals surface area contributed by atoms with E-state index in [-0.39, 0.29) is 33.1 Å². The van der Waals surface area contributed by atoms with Crippen molar-refractivity contribution in [1.29, 1.82) is 0 Å². The summed E-state index contributed by atoms with van der Waals surface area (Å²) in [5.74, 6) is -8.12. The lowest BCUT2D eigenvalue weighted by Crippen LogP contribution is -2.49. The molecule has 0 aromatic heterocycles. The van der Waals surface area contributed by atoms with Crippen molar-refractivity contribution in [2.75, 3.05) is 13.1 Å². The van der Waals surface area contributed by atoms with Crippen molar-refractivity contribution >= 4 is 45.4 Å². The minimum absolute atomic E-state index is 0.0932. The first kappa shape index (κ1) is 43.3. The first-order valence-electron chi connectivity index (χ1n) is 19.0. The Labute approximate surface area is 348 Å². The molecule has 2 aliphatic heterocycles. The van der Waals surface area contributed by atoms with E-state index in [2.05, 4.69) is 10.2 Å². The zero-order valence-corrected chi connectivity index (χ0v) is 33.8. The van der Waals surface area contributed by atoms with Crippen molar-refractivity contribution in [3.8, 4) is 0 Å². The zero-order valence-electron chi connectivity index (χ0n) is 32.2. The van der Waals surface area contributed by atoms with Gasteiger partial charge >= 0.3 is 0 Å². The quantitative estimate of drug-likeness (QED) is 0.188. The van der Waals surface area contributed by atoms with E-state index in [1.54, 1.807) is 0 Å².